The normalized spacial score (nSPS) is 11.2. The second kappa shape index (κ2) is 6.45. The van der Waals surface area contributed by atoms with Crippen molar-refractivity contribution in [2.24, 2.45) is 11.1 Å². The Kier molecular flexibility index (Phi) is 5.19. The highest BCUT2D eigenvalue weighted by Crippen LogP contribution is 2.29. The zero-order valence-electron chi connectivity index (χ0n) is 12.1. The quantitative estimate of drug-likeness (QED) is 0.668. The van der Waals surface area contributed by atoms with Crippen molar-refractivity contribution in [2.75, 3.05) is 24.2 Å². The number of nitrogens with one attached hydrogen (secondary N) is 1. The highest BCUT2D eigenvalue weighted by atomic mass is 19.1. The number of nitrogens with two attached hydrogens (primary N) is 2. The van der Waals surface area contributed by atoms with Crippen LogP contribution in [0.5, 0.6) is 5.75 Å². The molecule has 0 fully saturated rings. The van der Waals surface area contributed by atoms with Gasteiger partial charge in [0.2, 0.25) is 5.91 Å². The van der Waals surface area contributed by atoms with Crippen LogP contribution in [0.15, 0.2) is 12.1 Å². The highest BCUT2D eigenvalue weighted by molar-refractivity contribution is 5.81. The molecule has 0 saturated heterocycles. The smallest absolute Gasteiger partial charge is 0.224 e. The molecular formula is C14H22FN3O2. The lowest BCUT2D eigenvalue weighted by Crippen LogP contribution is -2.37. The molecule has 112 valence electrons. The van der Waals surface area contributed by atoms with E-state index in [-0.39, 0.29) is 11.4 Å². The molecule has 0 atom stereocenters. The van der Waals surface area contributed by atoms with Gasteiger partial charge in [-0.3, -0.25) is 4.79 Å². The van der Waals surface area contributed by atoms with E-state index in [2.05, 4.69) is 5.32 Å². The molecule has 0 saturated carbocycles. The van der Waals surface area contributed by atoms with Crippen molar-refractivity contribution in [3.05, 3.63) is 17.9 Å². The fourth-order valence-electron chi connectivity index (χ4n) is 1.45. The average Bonchev–Trinajstić information content (AvgIpc) is 2.36. The Balaban J connectivity index is 2.87. The number of primary amides is 1. The van der Waals surface area contributed by atoms with Crippen molar-refractivity contribution in [1.82, 2.24) is 0 Å². The lowest BCUT2D eigenvalue weighted by Gasteiger charge is -2.22. The Hall–Kier alpha value is -1.98. The Bertz CT molecular complexity index is 490. The van der Waals surface area contributed by atoms with Crippen molar-refractivity contribution in [3.8, 4) is 5.75 Å². The summed E-state index contributed by atoms with van der Waals surface area (Å²) in [4.78, 5) is 11.3. The molecule has 1 aromatic carbocycles. The van der Waals surface area contributed by atoms with Gasteiger partial charge in [-0.2, -0.15) is 0 Å². The zero-order chi connectivity index (χ0) is 15.3. The van der Waals surface area contributed by atoms with Crippen molar-refractivity contribution in [2.45, 2.75) is 27.2 Å². The standard InChI is InChI=1S/C14H22FN3O2/c1-4-5-20-12-7-11(10(16)6-9(12)15)18-8-14(2,3)13(17)19/h6-7,18H,4-5,8,16H2,1-3H3,(H2,17,19). The van der Waals surface area contributed by atoms with Crippen molar-refractivity contribution < 1.29 is 13.9 Å². The van der Waals surface area contributed by atoms with Gasteiger partial charge in [-0.25, -0.2) is 4.39 Å². The number of anilines is 2. The first-order valence-corrected chi connectivity index (χ1v) is 6.53. The van der Waals surface area contributed by atoms with Crippen molar-refractivity contribution in [1.29, 1.82) is 0 Å². The summed E-state index contributed by atoms with van der Waals surface area (Å²) < 4.78 is 18.9. The molecule has 0 aromatic heterocycles. The molecule has 0 spiro atoms. The Morgan fingerprint density at radius 2 is 2.10 bits per heavy atom. The van der Waals surface area contributed by atoms with Crippen LogP contribution in [-0.4, -0.2) is 19.1 Å². The molecule has 0 unspecified atom stereocenters. The summed E-state index contributed by atoms with van der Waals surface area (Å²) in [5.41, 5.74) is 11.1. The zero-order valence-corrected chi connectivity index (χ0v) is 12.1. The van der Waals surface area contributed by atoms with E-state index in [1.54, 1.807) is 13.8 Å². The first-order valence-electron chi connectivity index (χ1n) is 6.53. The predicted molar refractivity (Wildman–Crippen MR) is 78.1 cm³/mol. The van der Waals surface area contributed by atoms with E-state index in [4.69, 9.17) is 16.2 Å². The van der Waals surface area contributed by atoms with E-state index < -0.39 is 17.1 Å². The number of hydrogen-bond donors (Lipinski definition) is 3. The monoisotopic (exact) mass is 283 g/mol. The molecule has 0 heterocycles. The molecule has 5 N–H and O–H groups in total. The number of amides is 1. The molecule has 1 rings (SSSR count). The van der Waals surface area contributed by atoms with Gasteiger partial charge in [0.25, 0.3) is 0 Å². The summed E-state index contributed by atoms with van der Waals surface area (Å²) in [5, 5.41) is 3.01. The molecular weight excluding hydrogens is 261 g/mol. The summed E-state index contributed by atoms with van der Waals surface area (Å²) in [7, 11) is 0. The van der Waals surface area contributed by atoms with Crippen LogP contribution in [0, 0.1) is 11.2 Å². The van der Waals surface area contributed by atoms with E-state index in [1.807, 2.05) is 6.92 Å². The number of benzene rings is 1. The maximum absolute atomic E-state index is 13.6. The van der Waals surface area contributed by atoms with Gasteiger partial charge in [-0.15, -0.1) is 0 Å². The molecule has 6 heteroatoms. The van der Waals surface area contributed by atoms with E-state index in [9.17, 15) is 9.18 Å². The van der Waals surface area contributed by atoms with Crippen molar-refractivity contribution in [3.63, 3.8) is 0 Å². The number of hydrogen-bond acceptors (Lipinski definition) is 4. The summed E-state index contributed by atoms with van der Waals surface area (Å²) in [6.45, 7) is 6.09. The number of rotatable bonds is 7. The van der Waals surface area contributed by atoms with E-state index >= 15 is 0 Å². The van der Waals surface area contributed by atoms with Crippen LogP contribution in [0.3, 0.4) is 0 Å². The van der Waals surface area contributed by atoms with Gasteiger partial charge < -0.3 is 21.5 Å². The summed E-state index contributed by atoms with van der Waals surface area (Å²) in [6, 6.07) is 2.70. The third-order valence-corrected chi connectivity index (χ3v) is 2.95. The van der Waals surface area contributed by atoms with Crippen LogP contribution >= 0.6 is 0 Å². The second-order valence-corrected chi connectivity index (χ2v) is 5.32. The Morgan fingerprint density at radius 3 is 2.65 bits per heavy atom. The first-order chi connectivity index (χ1) is 9.27. The first kappa shape index (κ1) is 16.1. The van der Waals surface area contributed by atoms with E-state index in [1.165, 1.54) is 12.1 Å². The molecule has 0 radical (unpaired) electrons. The maximum Gasteiger partial charge on any atom is 0.224 e. The topological polar surface area (TPSA) is 90.4 Å². The molecule has 1 amide bonds. The van der Waals surface area contributed by atoms with Crippen LogP contribution in [0.2, 0.25) is 0 Å². The van der Waals surface area contributed by atoms with E-state index in [0.29, 0.717) is 18.8 Å². The fraction of sp³-hybridized carbons (Fsp3) is 0.500. The molecule has 0 aliphatic heterocycles. The third kappa shape index (κ3) is 4.01. The fourth-order valence-corrected chi connectivity index (χ4v) is 1.45. The SMILES string of the molecule is CCCOc1cc(NCC(C)(C)C(N)=O)c(N)cc1F. The van der Waals surface area contributed by atoms with Crippen LogP contribution in [0.25, 0.3) is 0 Å². The van der Waals surface area contributed by atoms with Gasteiger partial charge >= 0.3 is 0 Å². The number of carbonyl (C=O) groups is 1. The number of carbonyl (C=O) groups excluding carboxylic acids is 1. The summed E-state index contributed by atoms with van der Waals surface area (Å²) >= 11 is 0. The molecule has 1 aromatic rings. The molecule has 0 aliphatic carbocycles. The predicted octanol–water partition coefficient (Wildman–Crippen LogP) is 2.12. The van der Waals surface area contributed by atoms with Gasteiger partial charge in [0.05, 0.1) is 23.4 Å². The second-order valence-electron chi connectivity index (χ2n) is 5.32. The molecule has 5 nitrogen and oxygen atoms in total. The third-order valence-electron chi connectivity index (χ3n) is 2.95. The molecule has 0 aliphatic rings. The minimum absolute atomic E-state index is 0.139. The Labute approximate surface area is 118 Å². The number of halogens is 1. The summed E-state index contributed by atoms with van der Waals surface area (Å²) in [6.07, 6.45) is 0.779. The summed E-state index contributed by atoms with van der Waals surface area (Å²) in [5.74, 6) is -0.788. The van der Waals surface area contributed by atoms with Crippen LogP contribution in [0.1, 0.15) is 27.2 Å². The lowest BCUT2D eigenvalue weighted by molar-refractivity contribution is -0.125. The van der Waals surface area contributed by atoms with Crippen LogP contribution < -0.4 is 21.5 Å². The van der Waals surface area contributed by atoms with Gasteiger partial charge in [0.1, 0.15) is 0 Å². The Morgan fingerprint density at radius 1 is 1.45 bits per heavy atom. The van der Waals surface area contributed by atoms with Gasteiger partial charge in [0.15, 0.2) is 11.6 Å². The highest BCUT2D eigenvalue weighted by Gasteiger charge is 2.25. The van der Waals surface area contributed by atoms with E-state index in [0.717, 1.165) is 6.42 Å². The van der Waals surface area contributed by atoms with Gasteiger partial charge in [-0.1, -0.05) is 6.92 Å². The average molecular weight is 283 g/mol. The maximum atomic E-state index is 13.6. The van der Waals surface area contributed by atoms with Gasteiger partial charge in [-0.05, 0) is 20.3 Å². The lowest BCUT2D eigenvalue weighted by atomic mass is 9.92. The van der Waals surface area contributed by atoms with Crippen LogP contribution in [0.4, 0.5) is 15.8 Å². The molecule has 0 bridgehead atoms. The number of ether oxygens (including phenoxy) is 1. The number of nitrogen functional groups attached to an aromatic ring is 1. The van der Waals surface area contributed by atoms with Gasteiger partial charge in [0, 0.05) is 18.7 Å². The van der Waals surface area contributed by atoms with Crippen LogP contribution in [-0.2, 0) is 4.79 Å². The minimum Gasteiger partial charge on any atom is -0.490 e. The largest absolute Gasteiger partial charge is 0.490 e. The minimum atomic E-state index is -0.731. The molecule has 20 heavy (non-hydrogen) atoms. The van der Waals surface area contributed by atoms with Crippen molar-refractivity contribution >= 4 is 17.3 Å².